The van der Waals surface area contributed by atoms with E-state index >= 15 is 0 Å². The Morgan fingerprint density at radius 2 is 2.21 bits per heavy atom. The molecule has 0 radical (unpaired) electrons. The number of nitrogens with one attached hydrogen (secondary N) is 1. The fraction of sp³-hybridized carbons (Fsp3) is 0.357. The molecule has 0 saturated heterocycles. The highest BCUT2D eigenvalue weighted by atomic mass is 35.5. The molecule has 4 nitrogen and oxygen atoms in total. The molecule has 19 heavy (non-hydrogen) atoms. The molecule has 3 rings (SSSR count). The summed E-state index contributed by atoms with van der Waals surface area (Å²) in [5.41, 5.74) is 3.31. The summed E-state index contributed by atoms with van der Waals surface area (Å²) < 4.78 is 1.56. The Bertz CT molecular complexity index is 556. The number of halogens is 1. The van der Waals surface area contributed by atoms with Crippen molar-refractivity contribution in [1.82, 2.24) is 5.32 Å². The van der Waals surface area contributed by atoms with Crippen molar-refractivity contribution in [1.29, 1.82) is 0 Å². The number of allylic oxidation sites excluding steroid dienone is 1. The van der Waals surface area contributed by atoms with E-state index in [1.54, 1.807) is 4.42 Å². The van der Waals surface area contributed by atoms with E-state index < -0.39 is 12.0 Å². The molecular weight excluding hydrogens is 264 g/mol. The van der Waals surface area contributed by atoms with Gasteiger partial charge in [0.05, 0.1) is 5.69 Å². The SMILES string of the molecule is O=C(O)C1CCCC2=C(N1)N(Cl)c1ccccc1C2. The normalized spacial score (nSPS) is 22.2. The number of carbonyl (C=O) groups is 1. The van der Waals surface area contributed by atoms with Crippen LogP contribution in [0.3, 0.4) is 0 Å². The maximum absolute atomic E-state index is 11.2. The van der Waals surface area contributed by atoms with E-state index in [0.29, 0.717) is 6.42 Å². The second kappa shape index (κ2) is 4.78. The zero-order chi connectivity index (χ0) is 13.4. The predicted octanol–water partition coefficient (Wildman–Crippen LogP) is 2.64. The number of nitrogens with zero attached hydrogens (tertiary/aromatic N) is 1. The highest BCUT2D eigenvalue weighted by Crippen LogP contribution is 2.36. The molecule has 1 unspecified atom stereocenters. The molecule has 5 heteroatoms. The van der Waals surface area contributed by atoms with Gasteiger partial charge >= 0.3 is 5.97 Å². The van der Waals surface area contributed by atoms with Crippen molar-refractivity contribution >= 4 is 23.4 Å². The van der Waals surface area contributed by atoms with Gasteiger partial charge < -0.3 is 10.4 Å². The molecule has 0 amide bonds. The summed E-state index contributed by atoms with van der Waals surface area (Å²) in [6, 6.07) is 7.39. The first kappa shape index (κ1) is 12.4. The number of para-hydroxylation sites is 1. The number of carboxylic acids is 1. The zero-order valence-electron chi connectivity index (χ0n) is 10.4. The summed E-state index contributed by atoms with van der Waals surface area (Å²) in [4.78, 5) is 11.2. The molecular formula is C14H15ClN2O2. The topological polar surface area (TPSA) is 52.6 Å². The highest BCUT2D eigenvalue weighted by Gasteiger charge is 2.30. The van der Waals surface area contributed by atoms with Gasteiger partial charge in [0, 0.05) is 11.8 Å². The van der Waals surface area contributed by atoms with E-state index in [0.717, 1.165) is 30.8 Å². The molecule has 0 aliphatic carbocycles. The molecule has 0 bridgehead atoms. The maximum atomic E-state index is 11.2. The van der Waals surface area contributed by atoms with Crippen LogP contribution in [-0.4, -0.2) is 17.1 Å². The molecule has 1 aromatic carbocycles. The number of anilines is 1. The summed E-state index contributed by atoms with van der Waals surface area (Å²) in [6.07, 6.45) is 3.23. The molecule has 1 atom stereocenters. The van der Waals surface area contributed by atoms with E-state index in [9.17, 15) is 9.90 Å². The Labute approximate surface area is 116 Å². The number of rotatable bonds is 1. The Morgan fingerprint density at radius 3 is 3.00 bits per heavy atom. The molecule has 0 aromatic heterocycles. The summed E-state index contributed by atoms with van der Waals surface area (Å²) in [5.74, 6) is -0.0667. The predicted molar refractivity (Wildman–Crippen MR) is 73.9 cm³/mol. The van der Waals surface area contributed by atoms with E-state index in [-0.39, 0.29) is 0 Å². The molecule has 0 spiro atoms. The van der Waals surface area contributed by atoms with Crippen LogP contribution in [0.25, 0.3) is 0 Å². The van der Waals surface area contributed by atoms with Gasteiger partial charge in [0.25, 0.3) is 0 Å². The Hall–Kier alpha value is -1.68. The van der Waals surface area contributed by atoms with Gasteiger partial charge in [-0.05, 0) is 42.9 Å². The molecule has 2 aliphatic heterocycles. The molecule has 0 fully saturated rings. The minimum Gasteiger partial charge on any atom is -0.480 e. The third kappa shape index (κ3) is 2.16. The average molecular weight is 279 g/mol. The number of hydrogen-bond donors (Lipinski definition) is 2. The van der Waals surface area contributed by atoms with Crippen molar-refractivity contribution in [2.75, 3.05) is 4.42 Å². The van der Waals surface area contributed by atoms with Gasteiger partial charge in [-0.3, -0.25) is 0 Å². The molecule has 2 N–H and O–H groups in total. The Balaban J connectivity index is 1.97. The van der Waals surface area contributed by atoms with Crippen LogP contribution in [0, 0.1) is 0 Å². The van der Waals surface area contributed by atoms with Crippen LogP contribution in [0.15, 0.2) is 35.7 Å². The number of fused-ring (bicyclic) bond motifs is 1. The van der Waals surface area contributed by atoms with Gasteiger partial charge in [-0.1, -0.05) is 18.2 Å². The van der Waals surface area contributed by atoms with Crippen LogP contribution in [0.2, 0.25) is 0 Å². The van der Waals surface area contributed by atoms with Crippen molar-refractivity contribution in [2.45, 2.75) is 31.7 Å². The van der Waals surface area contributed by atoms with Crippen LogP contribution >= 0.6 is 11.8 Å². The van der Waals surface area contributed by atoms with Crippen molar-refractivity contribution in [3.05, 3.63) is 41.2 Å². The van der Waals surface area contributed by atoms with E-state index in [2.05, 4.69) is 11.4 Å². The number of benzene rings is 1. The smallest absolute Gasteiger partial charge is 0.326 e. The van der Waals surface area contributed by atoms with Gasteiger partial charge in [0.1, 0.15) is 11.9 Å². The lowest BCUT2D eigenvalue weighted by atomic mass is 9.96. The first-order chi connectivity index (χ1) is 9.16. The Morgan fingerprint density at radius 1 is 1.42 bits per heavy atom. The molecule has 100 valence electrons. The fourth-order valence-electron chi connectivity index (χ4n) is 2.73. The van der Waals surface area contributed by atoms with Gasteiger partial charge in [-0.25, -0.2) is 9.21 Å². The first-order valence-electron chi connectivity index (χ1n) is 6.42. The van der Waals surface area contributed by atoms with Crippen LogP contribution in [-0.2, 0) is 11.2 Å². The largest absolute Gasteiger partial charge is 0.480 e. The van der Waals surface area contributed by atoms with Crippen LogP contribution < -0.4 is 9.74 Å². The summed E-state index contributed by atoms with van der Waals surface area (Å²) in [5, 5.41) is 12.3. The van der Waals surface area contributed by atoms with E-state index in [1.165, 1.54) is 11.1 Å². The van der Waals surface area contributed by atoms with Crippen LogP contribution in [0.5, 0.6) is 0 Å². The molecule has 2 heterocycles. The minimum atomic E-state index is -0.822. The standard InChI is InChI=1S/C14H15ClN2O2/c15-17-12-7-2-1-4-9(12)8-10-5-3-6-11(14(18)19)16-13(10)17/h1-2,4,7,11,16H,3,5-6,8H2,(H,18,19). The summed E-state index contributed by atoms with van der Waals surface area (Å²) in [6.45, 7) is 0. The highest BCUT2D eigenvalue weighted by molar-refractivity contribution is 6.27. The third-order valence-electron chi connectivity index (χ3n) is 3.72. The molecule has 0 saturated carbocycles. The lowest BCUT2D eigenvalue weighted by molar-refractivity contribution is -0.139. The van der Waals surface area contributed by atoms with Crippen molar-refractivity contribution in [3.8, 4) is 0 Å². The minimum absolute atomic E-state index is 0.556. The summed E-state index contributed by atoms with van der Waals surface area (Å²) in [7, 11) is 0. The van der Waals surface area contributed by atoms with Gasteiger partial charge in [-0.2, -0.15) is 0 Å². The van der Waals surface area contributed by atoms with Crippen molar-refractivity contribution in [3.63, 3.8) is 0 Å². The number of hydrogen-bond acceptors (Lipinski definition) is 3. The lowest BCUT2D eigenvalue weighted by Crippen LogP contribution is -2.40. The Kier molecular flexibility index (Phi) is 3.11. The number of aliphatic carboxylic acids is 1. The zero-order valence-corrected chi connectivity index (χ0v) is 11.2. The quantitative estimate of drug-likeness (QED) is 0.776. The lowest BCUT2D eigenvalue weighted by Gasteiger charge is -2.30. The van der Waals surface area contributed by atoms with Gasteiger partial charge in [0.2, 0.25) is 0 Å². The van der Waals surface area contributed by atoms with Crippen molar-refractivity contribution in [2.24, 2.45) is 0 Å². The second-order valence-electron chi connectivity index (χ2n) is 4.97. The first-order valence-corrected chi connectivity index (χ1v) is 6.76. The van der Waals surface area contributed by atoms with Crippen LogP contribution in [0.4, 0.5) is 5.69 Å². The van der Waals surface area contributed by atoms with Gasteiger partial charge in [0.15, 0.2) is 0 Å². The monoisotopic (exact) mass is 278 g/mol. The van der Waals surface area contributed by atoms with E-state index in [1.807, 2.05) is 18.2 Å². The van der Waals surface area contributed by atoms with Gasteiger partial charge in [-0.15, -0.1) is 0 Å². The number of carboxylic acid groups (broad SMARTS) is 1. The average Bonchev–Trinajstić information content (AvgIpc) is 2.62. The maximum Gasteiger partial charge on any atom is 0.326 e. The van der Waals surface area contributed by atoms with Crippen molar-refractivity contribution < 1.29 is 9.90 Å². The molecule has 1 aromatic rings. The third-order valence-corrected chi connectivity index (χ3v) is 4.07. The van der Waals surface area contributed by atoms with Crippen LogP contribution in [0.1, 0.15) is 24.8 Å². The second-order valence-corrected chi connectivity index (χ2v) is 5.30. The fourth-order valence-corrected chi connectivity index (χ4v) is 3.07. The molecule has 2 aliphatic rings. The van der Waals surface area contributed by atoms with E-state index in [4.69, 9.17) is 11.8 Å². The summed E-state index contributed by atoms with van der Waals surface area (Å²) >= 11 is 6.38.